The highest BCUT2D eigenvalue weighted by Gasteiger charge is 1.94. The summed E-state index contributed by atoms with van der Waals surface area (Å²) in [5.41, 5.74) is 3.34. The number of nitrogens with zero attached hydrogens (tertiary/aromatic N) is 1. The predicted octanol–water partition coefficient (Wildman–Crippen LogP) is 2.61. The predicted molar refractivity (Wildman–Crippen MR) is 51.1 cm³/mol. The fourth-order valence-corrected chi connectivity index (χ4v) is 0.968. The number of ether oxygens (including phenoxy) is 1. The van der Waals surface area contributed by atoms with Crippen molar-refractivity contribution in [1.82, 2.24) is 0 Å². The summed E-state index contributed by atoms with van der Waals surface area (Å²) in [5, 5.41) is 0. The first-order valence-corrected chi connectivity index (χ1v) is 3.86. The van der Waals surface area contributed by atoms with E-state index in [4.69, 9.17) is 4.74 Å². The van der Waals surface area contributed by atoms with Crippen molar-refractivity contribution in [2.45, 2.75) is 13.8 Å². The molecule has 0 radical (unpaired) electrons. The van der Waals surface area contributed by atoms with Crippen LogP contribution in [0.15, 0.2) is 23.2 Å². The van der Waals surface area contributed by atoms with Crippen LogP contribution in [0.5, 0.6) is 0 Å². The molecule has 2 heteroatoms. The fourth-order valence-electron chi connectivity index (χ4n) is 0.968. The molecule has 0 amide bonds. The Morgan fingerprint density at radius 3 is 2.75 bits per heavy atom. The lowest BCUT2D eigenvalue weighted by molar-refractivity contribution is 0.423. The number of benzene rings is 1. The van der Waals surface area contributed by atoms with E-state index in [2.05, 4.69) is 17.1 Å². The van der Waals surface area contributed by atoms with Crippen molar-refractivity contribution >= 4 is 12.1 Å². The lowest BCUT2D eigenvalue weighted by Crippen LogP contribution is -1.80. The number of methoxy groups -OCH3 is 1. The lowest BCUT2D eigenvalue weighted by atomic mass is 10.1. The van der Waals surface area contributed by atoms with Crippen molar-refractivity contribution in [3.63, 3.8) is 0 Å². The Kier molecular flexibility index (Phi) is 2.86. The van der Waals surface area contributed by atoms with Crippen molar-refractivity contribution in [3.8, 4) is 0 Å². The maximum atomic E-state index is 4.75. The number of hydrogen-bond acceptors (Lipinski definition) is 2. The molecule has 0 N–H and O–H groups in total. The third-order valence-corrected chi connectivity index (χ3v) is 1.66. The third-order valence-electron chi connectivity index (χ3n) is 1.66. The Balaban J connectivity index is 2.97. The summed E-state index contributed by atoms with van der Waals surface area (Å²) in [5.74, 6) is 0. The van der Waals surface area contributed by atoms with E-state index in [1.165, 1.54) is 12.0 Å². The van der Waals surface area contributed by atoms with E-state index >= 15 is 0 Å². The first-order valence-electron chi connectivity index (χ1n) is 3.86. The first kappa shape index (κ1) is 8.78. The maximum absolute atomic E-state index is 4.75. The van der Waals surface area contributed by atoms with Crippen molar-refractivity contribution in [1.29, 1.82) is 0 Å². The molecule has 2 nitrogen and oxygen atoms in total. The van der Waals surface area contributed by atoms with Gasteiger partial charge in [0.25, 0.3) is 0 Å². The Bertz CT molecular complexity index is 292. The highest BCUT2D eigenvalue weighted by Crippen LogP contribution is 2.18. The molecule has 12 heavy (non-hydrogen) atoms. The van der Waals surface area contributed by atoms with E-state index in [0.29, 0.717) is 0 Å². The second-order valence-electron chi connectivity index (χ2n) is 2.76. The van der Waals surface area contributed by atoms with Gasteiger partial charge < -0.3 is 4.74 Å². The standard InChI is InChI=1S/C10H13NO/c1-8-4-5-9(2)10(6-8)11-7-12-3/h4-7H,1-3H3. The van der Waals surface area contributed by atoms with Gasteiger partial charge in [0, 0.05) is 0 Å². The highest BCUT2D eigenvalue weighted by atomic mass is 16.5. The summed E-state index contributed by atoms with van der Waals surface area (Å²) in [4.78, 5) is 4.14. The van der Waals surface area contributed by atoms with E-state index in [0.717, 1.165) is 11.3 Å². The molecule has 1 rings (SSSR count). The number of hydrogen-bond donors (Lipinski definition) is 0. The second-order valence-corrected chi connectivity index (χ2v) is 2.76. The summed E-state index contributed by atoms with van der Waals surface area (Å²) < 4.78 is 4.75. The Morgan fingerprint density at radius 2 is 2.08 bits per heavy atom. The molecule has 0 aromatic heterocycles. The van der Waals surface area contributed by atoms with Crippen molar-refractivity contribution in [2.75, 3.05) is 7.11 Å². The molecule has 0 spiro atoms. The molecule has 0 saturated carbocycles. The van der Waals surface area contributed by atoms with Gasteiger partial charge in [-0.1, -0.05) is 12.1 Å². The van der Waals surface area contributed by atoms with E-state index in [1.54, 1.807) is 7.11 Å². The topological polar surface area (TPSA) is 21.6 Å². The molecule has 0 aliphatic rings. The highest BCUT2D eigenvalue weighted by molar-refractivity contribution is 5.58. The summed E-state index contributed by atoms with van der Waals surface area (Å²) in [6, 6.07) is 6.16. The maximum Gasteiger partial charge on any atom is 0.174 e. The summed E-state index contributed by atoms with van der Waals surface area (Å²) >= 11 is 0. The Hall–Kier alpha value is -1.31. The van der Waals surface area contributed by atoms with Gasteiger partial charge in [-0.3, -0.25) is 0 Å². The van der Waals surface area contributed by atoms with Crippen LogP contribution in [0, 0.1) is 13.8 Å². The average Bonchev–Trinajstić information content (AvgIpc) is 2.07. The molecular formula is C10H13NO. The van der Waals surface area contributed by atoms with Crippen LogP contribution >= 0.6 is 0 Å². The van der Waals surface area contributed by atoms with Crippen LogP contribution in [0.3, 0.4) is 0 Å². The molecule has 0 fully saturated rings. The third kappa shape index (κ3) is 2.09. The molecule has 0 heterocycles. The summed E-state index contributed by atoms with van der Waals surface area (Å²) in [6.45, 7) is 4.08. The minimum atomic E-state index is 0.969. The zero-order valence-corrected chi connectivity index (χ0v) is 7.66. The molecule has 0 saturated heterocycles. The monoisotopic (exact) mass is 163 g/mol. The SMILES string of the molecule is COC=Nc1cc(C)ccc1C. The smallest absolute Gasteiger partial charge is 0.174 e. The van der Waals surface area contributed by atoms with Crippen LogP contribution in [-0.4, -0.2) is 13.5 Å². The zero-order chi connectivity index (χ0) is 8.97. The number of aliphatic imine (C=N–C) groups is 1. The van der Waals surface area contributed by atoms with E-state index in [1.807, 2.05) is 19.9 Å². The van der Waals surface area contributed by atoms with Gasteiger partial charge in [-0.05, 0) is 31.0 Å². The van der Waals surface area contributed by atoms with E-state index < -0.39 is 0 Å². The Morgan fingerprint density at radius 1 is 1.33 bits per heavy atom. The van der Waals surface area contributed by atoms with E-state index in [-0.39, 0.29) is 0 Å². The molecule has 64 valence electrons. The van der Waals surface area contributed by atoms with Gasteiger partial charge in [0.15, 0.2) is 6.40 Å². The molecule has 0 aliphatic heterocycles. The molecule has 0 atom stereocenters. The lowest BCUT2D eigenvalue weighted by Gasteiger charge is -2.00. The van der Waals surface area contributed by atoms with Crippen molar-refractivity contribution in [3.05, 3.63) is 29.3 Å². The molecular weight excluding hydrogens is 150 g/mol. The van der Waals surface area contributed by atoms with Gasteiger partial charge in [-0.2, -0.15) is 0 Å². The molecule has 1 aromatic carbocycles. The van der Waals surface area contributed by atoms with Crippen LogP contribution in [0.25, 0.3) is 0 Å². The van der Waals surface area contributed by atoms with Crippen LogP contribution in [0.2, 0.25) is 0 Å². The quantitative estimate of drug-likeness (QED) is 0.485. The minimum Gasteiger partial charge on any atom is -0.486 e. The van der Waals surface area contributed by atoms with E-state index in [9.17, 15) is 0 Å². The van der Waals surface area contributed by atoms with Crippen LogP contribution < -0.4 is 0 Å². The van der Waals surface area contributed by atoms with Gasteiger partial charge in [0.2, 0.25) is 0 Å². The summed E-state index contributed by atoms with van der Waals surface area (Å²) in [6.07, 6.45) is 1.45. The molecule has 0 aliphatic carbocycles. The van der Waals surface area contributed by atoms with Gasteiger partial charge in [-0.15, -0.1) is 0 Å². The largest absolute Gasteiger partial charge is 0.486 e. The van der Waals surface area contributed by atoms with Crippen molar-refractivity contribution < 1.29 is 4.74 Å². The van der Waals surface area contributed by atoms with Crippen LogP contribution in [-0.2, 0) is 4.74 Å². The van der Waals surface area contributed by atoms with Crippen molar-refractivity contribution in [2.24, 2.45) is 4.99 Å². The molecule has 0 unspecified atom stereocenters. The average molecular weight is 163 g/mol. The molecule has 1 aromatic rings. The van der Waals surface area contributed by atoms with Gasteiger partial charge in [0.1, 0.15) is 0 Å². The Labute approximate surface area is 72.9 Å². The molecule has 0 bridgehead atoms. The normalized spacial score (nSPS) is 10.6. The zero-order valence-electron chi connectivity index (χ0n) is 7.66. The van der Waals surface area contributed by atoms with Crippen LogP contribution in [0.4, 0.5) is 5.69 Å². The number of aryl methyl sites for hydroxylation is 2. The second kappa shape index (κ2) is 3.90. The van der Waals surface area contributed by atoms with Crippen LogP contribution in [0.1, 0.15) is 11.1 Å². The van der Waals surface area contributed by atoms with Gasteiger partial charge >= 0.3 is 0 Å². The minimum absolute atomic E-state index is 0.969. The summed E-state index contributed by atoms with van der Waals surface area (Å²) in [7, 11) is 1.59. The van der Waals surface area contributed by atoms with Gasteiger partial charge in [-0.25, -0.2) is 4.99 Å². The number of rotatable bonds is 2. The fraction of sp³-hybridized carbons (Fsp3) is 0.300. The van der Waals surface area contributed by atoms with Gasteiger partial charge in [0.05, 0.1) is 12.8 Å². The first-order chi connectivity index (χ1) is 5.74.